The Morgan fingerprint density at radius 1 is 1.13 bits per heavy atom. The molecule has 0 spiro atoms. The summed E-state index contributed by atoms with van der Waals surface area (Å²) in [4.78, 5) is 12.1. The minimum Gasteiger partial charge on any atom is -0.346 e. The number of amides is 1. The van der Waals surface area contributed by atoms with Crippen molar-refractivity contribution in [3.05, 3.63) is 76.0 Å². The van der Waals surface area contributed by atoms with Crippen molar-refractivity contribution in [1.29, 1.82) is 0 Å². The van der Waals surface area contributed by atoms with Gasteiger partial charge in [0.1, 0.15) is 0 Å². The Labute approximate surface area is 142 Å². The van der Waals surface area contributed by atoms with Crippen molar-refractivity contribution in [2.45, 2.75) is 6.54 Å². The van der Waals surface area contributed by atoms with Gasteiger partial charge in [-0.1, -0.05) is 52.7 Å². The fourth-order valence-corrected chi connectivity index (χ4v) is 2.48. The second-order valence-corrected chi connectivity index (χ2v) is 5.65. The van der Waals surface area contributed by atoms with Crippen molar-refractivity contribution < 1.29 is 4.79 Å². The number of hydrogen-bond donors (Lipinski definition) is 1. The van der Waals surface area contributed by atoms with Gasteiger partial charge in [-0.05, 0) is 29.8 Å². The minimum absolute atomic E-state index is 0.235. The van der Waals surface area contributed by atoms with E-state index in [4.69, 9.17) is 23.2 Å². The van der Waals surface area contributed by atoms with Crippen LogP contribution in [0.25, 0.3) is 5.69 Å². The van der Waals surface area contributed by atoms with Crippen LogP contribution >= 0.6 is 23.2 Å². The Morgan fingerprint density at radius 2 is 1.91 bits per heavy atom. The van der Waals surface area contributed by atoms with Crippen LogP contribution in [-0.2, 0) is 6.54 Å². The number of para-hydroxylation sites is 1. The summed E-state index contributed by atoms with van der Waals surface area (Å²) in [5, 5.41) is 11.7. The van der Waals surface area contributed by atoms with Crippen molar-refractivity contribution in [3.63, 3.8) is 0 Å². The zero-order valence-electron chi connectivity index (χ0n) is 11.9. The van der Waals surface area contributed by atoms with Crippen LogP contribution in [0.3, 0.4) is 0 Å². The summed E-state index contributed by atoms with van der Waals surface area (Å²) < 4.78 is 1.55. The Kier molecular flexibility index (Phi) is 4.60. The number of carbonyl (C=O) groups is 1. The lowest BCUT2D eigenvalue weighted by Gasteiger charge is -2.05. The molecule has 0 aliphatic rings. The summed E-state index contributed by atoms with van der Waals surface area (Å²) in [6.45, 7) is 0.285. The van der Waals surface area contributed by atoms with Crippen molar-refractivity contribution in [1.82, 2.24) is 20.3 Å². The number of halogens is 2. The maximum absolute atomic E-state index is 12.1. The molecule has 5 nitrogen and oxygen atoms in total. The molecule has 0 atom stereocenters. The number of aromatic nitrogens is 3. The van der Waals surface area contributed by atoms with Crippen molar-refractivity contribution >= 4 is 29.1 Å². The lowest BCUT2D eigenvalue weighted by Crippen LogP contribution is -2.23. The zero-order chi connectivity index (χ0) is 16.2. The van der Waals surface area contributed by atoms with E-state index >= 15 is 0 Å². The second kappa shape index (κ2) is 6.81. The molecule has 0 bridgehead atoms. The highest BCUT2D eigenvalue weighted by Gasteiger charge is 2.12. The van der Waals surface area contributed by atoms with Gasteiger partial charge in [0.25, 0.3) is 5.91 Å². The van der Waals surface area contributed by atoms with Crippen molar-refractivity contribution in [3.8, 4) is 5.69 Å². The monoisotopic (exact) mass is 346 g/mol. The second-order valence-electron chi connectivity index (χ2n) is 4.80. The molecule has 1 amide bonds. The summed E-state index contributed by atoms with van der Waals surface area (Å²) in [5.74, 6) is -0.321. The van der Waals surface area contributed by atoms with E-state index in [0.29, 0.717) is 10.0 Å². The lowest BCUT2D eigenvalue weighted by atomic mass is 10.2. The number of hydrogen-bond acceptors (Lipinski definition) is 3. The summed E-state index contributed by atoms with van der Waals surface area (Å²) in [6.07, 6.45) is 1.58. The largest absolute Gasteiger partial charge is 0.346 e. The number of rotatable bonds is 4. The minimum atomic E-state index is -0.321. The maximum Gasteiger partial charge on any atom is 0.273 e. The molecule has 0 unspecified atom stereocenters. The molecule has 3 aromatic rings. The molecule has 0 saturated heterocycles. The zero-order valence-corrected chi connectivity index (χ0v) is 13.4. The molecule has 0 aliphatic heterocycles. The number of benzene rings is 2. The predicted molar refractivity (Wildman–Crippen MR) is 89.0 cm³/mol. The third-order valence-corrected chi connectivity index (χ3v) is 3.79. The molecular weight excluding hydrogens is 335 g/mol. The van der Waals surface area contributed by atoms with Gasteiger partial charge < -0.3 is 5.32 Å². The van der Waals surface area contributed by atoms with E-state index in [0.717, 1.165) is 11.3 Å². The van der Waals surface area contributed by atoms with E-state index in [1.807, 2.05) is 30.3 Å². The molecular formula is C16H12Cl2N4O. The highest BCUT2D eigenvalue weighted by Crippen LogP contribution is 2.20. The summed E-state index contributed by atoms with van der Waals surface area (Å²) >= 11 is 11.9. The van der Waals surface area contributed by atoms with Gasteiger partial charge in [-0.3, -0.25) is 4.79 Å². The van der Waals surface area contributed by atoms with Gasteiger partial charge in [0.15, 0.2) is 5.69 Å². The SMILES string of the molecule is O=C(NCc1ccc(Cl)cc1Cl)c1cn(-c2ccccc2)nn1. The molecule has 116 valence electrons. The van der Waals surface area contributed by atoms with Gasteiger partial charge in [-0.25, -0.2) is 4.68 Å². The van der Waals surface area contributed by atoms with E-state index in [1.165, 1.54) is 0 Å². The van der Waals surface area contributed by atoms with Crippen LogP contribution in [0, 0.1) is 0 Å². The third-order valence-electron chi connectivity index (χ3n) is 3.20. The van der Waals surface area contributed by atoms with Gasteiger partial charge in [0, 0.05) is 16.6 Å². The third kappa shape index (κ3) is 3.70. The first-order valence-corrected chi connectivity index (χ1v) is 7.59. The van der Waals surface area contributed by atoms with Gasteiger partial charge >= 0.3 is 0 Å². The average Bonchev–Trinajstić information content (AvgIpc) is 3.05. The predicted octanol–water partition coefficient (Wildman–Crippen LogP) is 3.50. The fraction of sp³-hybridized carbons (Fsp3) is 0.0625. The number of nitrogens with zero attached hydrogens (tertiary/aromatic N) is 3. The summed E-state index contributed by atoms with van der Waals surface area (Å²) in [5.41, 5.74) is 1.85. The summed E-state index contributed by atoms with van der Waals surface area (Å²) in [7, 11) is 0. The molecule has 23 heavy (non-hydrogen) atoms. The molecule has 2 aromatic carbocycles. The van der Waals surface area contributed by atoms with Crippen LogP contribution < -0.4 is 5.32 Å². The fourth-order valence-electron chi connectivity index (χ4n) is 2.01. The highest BCUT2D eigenvalue weighted by molar-refractivity contribution is 6.35. The first kappa shape index (κ1) is 15.5. The van der Waals surface area contributed by atoms with Crippen LogP contribution in [0.4, 0.5) is 0 Å². The number of nitrogens with one attached hydrogen (secondary N) is 1. The molecule has 7 heteroatoms. The van der Waals surface area contributed by atoms with Crippen LogP contribution in [0.2, 0.25) is 10.0 Å². The molecule has 1 heterocycles. The molecule has 1 aromatic heterocycles. The van der Waals surface area contributed by atoms with Crippen LogP contribution in [-0.4, -0.2) is 20.9 Å². The van der Waals surface area contributed by atoms with Crippen molar-refractivity contribution in [2.75, 3.05) is 0 Å². The van der Waals surface area contributed by atoms with Crippen LogP contribution in [0.15, 0.2) is 54.7 Å². The Morgan fingerprint density at radius 3 is 2.65 bits per heavy atom. The van der Waals surface area contributed by atoms with Gasteiger partial charge in [-0.2, -0.15) is 0 Å². The Balaban J connectivity index is 1.68. The molecule has 1 N–H and O–H groups in total. The quantitative estimate of drug-likeness (QED) is 0.786. The first-order chi connectivity index (χ1) is 11.1. The van der Waals surface area contributed by atoms with E-state index < -0.39 is 0 Å². The standard InChI is InChI=1S/C16H12Cl2N4O/c17-12-7-6-11(14(18)8-12)9-19-16(23)15-10-22(21-20-15)13-4-2-1-3-5-13/h1-8,10H,9H2,(H,19,23). The van der Waals surface area contributed by atoms with Gasteiger partial charge in [0.2, 0.25) is 0 Å². The maximum atomic E-state index is 12.1. The van der Waals surface area contributed by atoms with E-state index in [2.05, 4.69) is 15.6 Å². The van der Waals surface area contributed by atoms with E-state index in [1.54, 1.807) is 29.1 Å². The first-order valence-electron chi connectivity index (χ1n) is 6.83. The topological polar surface area (TPSA) is 59.8 Å². The summed E-state index contributed by atoms with van der Waals surface area (Å²) in [6, 6.07) is 14.6. The molecule has 0 saturated carbocycles. The van der Waals surface area contributed by atoms with Crippen LogP contribution in [0.1, 0.15) is 16.1 Å². The molecule has 0 radical (unpaired) electrons. The van der Waals surface area contributed by atoms with E-state index in [-0.39, 0.29) is 18.1 Å². The van der Waals surface area contributed by atoms with Crippen LogP contribution in [0.5, 0.6) is 0 Å². The normalized spacial score (nSPS) is 10.5. The Hall–Kier alpha value is -2.37. The van der Waals surface area contributed by atoms with Gasteiger partial charge in [0.05, 0.1) is 11.9 Å². The smallest absolute Gasteiger partial charge is 0.273 e. The number of carbonyl (C=O) groups excluding carboxylic acids is 1. The Bertz CT molecular complexity index is 833. The average molecular weight is 347 g/mol. The molecule has 0 fully saturated rings. The molecule has 0 aliphatic carbocycles. The van der Waals surface area contributed by atoms with E-state index in [9.17, 15) is 4.79 Å². The van der Waals surface area contributed by atoms with Gasteiger partial charge in [-0.15, -0.1) is 5.10 Å². The van der Waals surface area contributed by atoms with Crippen molar-refractivity contribution in [2.24, 2.45) is 0 Å². The highest BCUT2D eigenvalue weighted by atomic mass is 35.5. The molecule has 3 rings (SSSR count). The lowest BCUT2D eigenvalue weighted by molar-refractivity contribution is 0.0946.